The number of fused-ring (bicyclic) bond motifs is 3. The smallest absolute Gasteiger partial charge is 0.335 e. The lowest BCUT2D eigenvalue weighted by Gasteiger charge is -2.45. The van der Waals surface area contributed by atoms with Crippen molar-refractivity contribution in [2.75, 3.05) is 31.2 Å². The van der Waals surface area contributed by atoms with Crippen LogP contribution in [-0.4, -0.2) is 48.6 Å². The molecule has 1 spiro atoms. The number of halogens is 1. The van der Waals surface area contributed by atoms with Gasteiger partial charge >= 0.3 is 5.97 Å². The average Bonchev–Trinajstić information content (AvgIpc) is 2.93. The molecular weight excluding hydrogens is 442 g/mol. The van der Waals surface area contributed by atoms with E-state index in [2.05, 4.69) is 11.5 Å². The number of hydrogen-bond acceptors (Lipinski definition) is 5. The summed E-state index contributed by atoms with van der Waals surface area (Å²) < 4.78 is 12.3. The second-order valence-corrected chi connectivity index (χ2v) is 9.84. The fraction of sp³-hybridized carbons (Fsp3) is 0.423. The Labute approximate surface area is 198 Å². The van der Waals surface area contributed by atoms with Crippen molar-refractivity contribution in [1.29, 1.82) is 0 Å². The summed E-state index contributed by atoms with van der Waals surface area (Å²) in [5, 5.41) is 20.6. The maximum atomic E-state index is 11.7. The number of anilines is 1. The molecule has 2 heterocycles. The molecule has 3 aliphatic rings. The van der Waals surface area contributed by atoms with Crippen LogP contribution < -0.4 is 14.4 Å². The normalized spacial score (nSPS) is 26.7. The van der Waals surface area contributed by atoms with Gasteiger partial charge in [0.15, 0.2) is 0 Å². The van der Waals surface area contributed by atoms with Gasteiger partial charge < -0.3 is 24.6 Å². The van der Waals surface area contributed by atoms with Crippen molar-refractivity contribution < 1.29 is 24.5 Å². The molecule has 1 saturated carbocycles. The van der Waals surface area contributed by atoms with Gasteiger partial charge in [0, 0.05) is 23.7 Å². The molecule has 1 fully saturated rings. The van der Waals surface area contributed by atoms with Crippen LogP contribution >= 0.6 is 11.6 Å². The molecule has 2 N–H and O–H groups in total. The molecule has 6 nitrogen and oxygen atoms in total. The largest absolute Gasteiger partial charge is 0.493 e. The third kappa shape index (κ3) is 3.96. The summed E-state index contributed by atoms with van der Waals surface area (Å²) in [6.45, 7) is 6.14. The van der Waals surface area contributed by atoms with Crippen LogP contribution in [0.1, 0.15) is 35.2 Å². The van der Waals surface area contributed by atoms with Crippen LogP contribution in [0.4, 0.5) is 5.69 Å². The molecule has 0 radical (unpaired) electrons. The van der Waals surface area contributed by atoms with Gasteiger partial charge in [-0.15, -0.1) is 6.58 Å². The molecule has 0 saturated heterocycles. The van der Waals surface area contributed by atoms with Gasteiger partial charge in [-0.05, 0) is 61.4 Å². The van der Waals surface area contributed by atoms with Crippen molar-refractivity contribution >= 4 is 23.3 Å². The zero-order chi connectivity index (χ0) is 23.2. The molecule has 5 rings (SSSR count). The summed E-state index contributed by atoms with van der Waals surface area (Å²) in [5.74, 6) is 0.942. The number of aliphatic hydroxyl groups excluding tert-OH is 1. The van der Waals surface area contributed by atoms with Crippen molar-refractivity contribution in [1.82, 2.24) is 0 Å². The summed E-state index contributed by atoms with van der Waals surface area (Å²) in [5.41, 5.74) is 1.75. The highest BCUT2D eigenvalue weighted by Gasteiger charge is 2.44. The first-order valence-electron chi connectivity index (χ1n) is 11.4. The van der Waals surface area contributed by atoms with Gasteiger partial charge in [-0.1, -0.05) is 23.7 Å². The van der Waals surface area contributed by atoms with Crippen molar-refractivity contribution in [3.8, 4) is 11.5 Å². The Morgan fingerprint density at radius 3 is 2.82 bits per heavy atom. The van der Waals surface area contributed by atoms with Crippen LogP contribution in [0.2, 0.25) is 5.02 Å². The van der Waals surface area contributed by atoms with Crippen molar-refractivity contribution in [2.45, 2.75) is 30.8 Å². The fourth-order valence-corrected chi connectivity index (χ4v) is 5.64. The number of carboxylic acid groups (broad SMARTS) is 1. The van der Waals surface area contributed by atoms with Crippen molar-refractivity contribution in [2.24, 2.45) is 11.8 Å². The van der Waals surface area contributed by atoms with Gasteiger partial charge in [0.2, 0.25) is 0 Å². The Kier molecular flexibility index (Phi) is 5.75. The van der Waals surface area contributed by atoms with E-state index in [1.54, 1.807) is 24.3 Å². The molecule has 2 aromatic carbocycles. The van der Waals surface area contributed by atoms with E-state index in [4.69, 9.17) is 21.1 Å². The minimum atomic E-state index is -0.966. The molecule has 7 heteroatoms. The van der Waals surface area contributed by atoms with Crippen LogP contribution in [0.15, 0.2) is 49.1 Å². The number of carbonyl (C=O) groups is 1. The van der Waals surface area contributed by atoms with Gasteiger partial charge in [-0.2, -0.15) is 0 Å². The van der Waals surface area contributed by atoms with Crippen molar-refractivity contribution in [3.63, 3.8) is 0 Å². The minimum Gasteiger partial charge on any atom is -0.493 e. The molecule has 0 bridgehead atoms. The number of benzene rings is 2. The monoisotopic (exact) mass is 469 g/mol. The minimum absolute atomic E-state index is 0.162. The zero-order valence-corrected chi connectivity index (χ0v) is 19.1. The molecule has 4 atom stereocenters. The first kappa shape index (κ1) is 22.1. The SMILES string of the molecule is C=C[C@H](O)[C@@H]1CC[C@H]1CN1C[C@@]2(CCOc3cc(Cl)ccc32)COc2ccc(C(=O)O)cc21. The molecule has 2 aromatic rings. The molecule has 2 aliphatic heterocycles. The van der Waals surface area contributed by atoms with Crippen LogP contribution in [-0.2, 0) is 5.41 Å². The average molecular weight is 470 g/mol. The van der Waals surface area contributed by atoms with Gasteiger partial charge in [0.05, 0.1) is 36.0 Å². The number of ether oxygens (including phenoxy) is 2. The Morgan fingerprint density at radius 1 is 1.24 bits per heavy atom. The molecule has 0 aromatic heterocycles. The van der Waals surface area contributed by atoms with Gasteiger partial charge in [0.25, 0.3) is 0 Å². The van der Waals surface area contributed by atoms with E-state index in [-0.39, 0.29) is 16.9 Å². The summed E-state index contributed by atoms with van der Waals surface area (Å²) in [6, 6.07) is 10.8. The summed E-state index contributed by atoms with van der Waals surface area (Å²) in [4.78, 5) is 14.0. The van der Waals surface area contributed by atoms with E-state index in [1.807, 2.05) is 18.2 Å². The molecule has 0 unspecified atom stereocenters. The molecule has 174 valence electrons. The lowest BCUT2D eigenvalue weighted by atomic mass is 9.70. The third-order valence-corrected chi connectivity index (χ3v) is 7.74. The van der Waals surface area contributed by atoms with E-state index in [0.29, 0.717) is 43.0 Å². The molecule has 33 heavy (non-hydrogen) atoms. The fourth-order valence-electron chi connectivity index (χ4n) is 5.48. The number of hydrogen-bond donors (Lipinski definition) is 2. The lowest BCUT2D eigenvalue weighted by Crippen LogP contribution is -2.50. The quantitative estimate of drug-likeness (QED) is 0.626. The Bertz CT molecular complexity index is 1090. The molecule has 1 aliphatic carbocycles. The van der Waals surface area contributed by atoms with Gasteiger partial charge in [-0.3, -0.25) is 0 Å². The predicted molar refractivity (Wildman–Crippen MR) is 127 cm³/mol. The topological polar surface area (TPSA) is 79.2 Å². The Hall–Kier alpha value is -2.70. The molecule has 0 amide bonds. The van der Waals surface area contributed by atoms with Crippen LogP contribution in [0.5, 0.6) is 11.5 Å². The van der Waals surface area contributed by atoms with Gasteiger partial charge in [0.1, 0.15) is 11.5 Å². The first-order chi connectivity index (χ1) is 15.9. The number of rotatable bonds is 5. The summed E-state index contributed by atoms with van der Waals surface area (Å²) >= 11 is 6.23. The van der Waals surface area contributed by atoms with Crippen LogP contribution in [0.3, 0.4) is 0 Å². The lowest BCUT2D eigenvalue weighted by molar-refractivity contribution is 0.0458. The first-order valence-corrected chi connectivity index (χ1v) is 11.8. The highest BCUT2D eigenvalue weighted by Crippen LogP contribution is 2.47. The number of nitrogens with zero attached hydrogens (tertiary/aromatic N) is 1. The molecular formula is C26H28ClNO5. The maximum absolute atomic E-state index is 11.7. The maximum Gasteiger partial charge on any atom is 0.335 e. The predicted octanol–water partition coefficient (Wildman–Crippen LogP) is 4.53. The second-order valence-electron chi connectivity index (χ2n) is 9.40. The zero-order valence-electron chi connectivity index (χ0n) is 18.4. The van der Waals surface area contributed by atoms with E-state index in [0.717, 1.165) is 36.3 Å². The Balaban J connectivity index is 1.55. The second kappa shape index (κ2) is 8.58. The summed E-state index contributed by atoms with van der Waals surface area (Å²) in [6.07, 6.45) is 3.84. The standard InChI is InChI=1S/C26H28ClNO5/c1-2-22(29)19-6-3-17(19)13-28-14-26(9-10-32-24-12-18(27)5-7-20(24)26)15-33-23-8-4-16(25(30)31)11-21(23)28/h2,4-5,7-8,11-12,17,19,22,29H,1,3,6,9-10,13-15H2,(H,30,31)/t17-,19+,22-,26-/m0/s1. The van der Waals surface area contributed by atoms with Crippen LogP contribution in [0.25, 0.3) is 0 Å². The number of aromatic carboxylic acids is 1. The van der Waals surface area contributed by atoms with E-state index in [1.165, 1.54) is 0 Å². The highest BCUT2D eigenvalue weighted by atomic mass is 35.5. The van der Waals surface area contributed by atoms with Crippen LogP contribution in [0, 0.1) is 11.8 Å². The van der Waals surface area contributed by atoms with Gasteiger partial charge in [-0.25, -0.2) is 4.79 Å². The third-order valence-electron chi connectivity index (χ3n) is 7.51. The van der Waals surface area contributed by atoms with E-state index >= 15 is 0 Å². The van der Waals surface area contributed by atoms with E-state index < -0.39 is 12.1 Å². The highest BCUT2D eigenvalue weighted by molar-refractivity contribution is 6.30. The van der Waals surface area contributed by atoms with E-state index in [9.17, 15) is 15.0 Å². The Morgan fingerprint density at radius 2 is 2.09 bits per heavy atom. The number of carboxylic acids is 1. The number of aliphatic hydroxyl groups is 1. The van der Waals surface area contributed by atoms with Crippen molar-refractivity contribution in [3.05, 3.63) is 65.2 Å². The summed E-state index contributed by atoms with van der Waals surface area (Å²) in [7, 11) is 0.